The van der Waals surface area contributed by atoms with Gasteiger partial charge in [-0.15, -0.1) is 0 Å². The van der Waals surface area contributed by atoms with Crippen LogP contribution < -0.4 is 11.2 Å². The van der Waals surface area contributed by atoms with E-state index in [-0.39, 0.29) is 6.42 Å². The normalized spacial score (nSPS) is 26.2. The molecule has 1 saturated heterocycles. The summed E-state index contributed by atoms with van der Waals surface area (Å²) in [5, 5.41) is 18.5. The van der Waals surface area contributed by atoms with E-state index in [9.17, 15) is 27.9 Å². The van der Waals surface area contributed by atoms with Crippen molar-refractivity contribution in [2.45, 2.75) is 35.3 Å². The van der Waals surface area contributed by atoms with Gasteiger partial charge in [-0.05, 0) is 11.8 Å². The number of aliphatic hydroxyl groups is 2. The fourth-order valence-electron chi connectivity index (χ4n) is 1.93. The van der Waals surface area contributed by atoms with Crippen LogP contribution in [0.5, 0.6) is 0 Å². The molecule has 0 spiro atoms. The van der Waals surface area contributed by atoms with E-state index >= 15 is 0 Å². The number of hydrogen-bond acceptors (Lipinski definition) is 6. The summed E-state index contributed by atoms with van der Waals surface area (Å²) in [4.78, 5) is 24.0. The van der Waals surface area contributed by atoms with Crippen molar-refractivity contribution < 1.29 is 28.1 Å². The maximum absolute atomic E-state index is 12.3. The largest absolute Gasteiger partial charge is 0.446 e. The highest BCUT2D eigenvalue weighted by Crippen LogP contribution is 2.35. The summed E-state index contributed by atoms with van der Waals surface area (Å²) >= 11 is -0.655. The highest BCUT2D eigenvalue weighted by atomic mass is 32.2. The molecular weight excluding hydrogens is 317 g/mol. The Labute approximate surface area is 119 Å². The molecule has 1 aromatic heterocycles. The number of ether oxygens (including phenoxy) is 1. The van der Waals surface area contributed by atoms with Gasteiger partial charge in [-0.1, -0.05) is 0 Å². The Bertz CT molecular complexity index is 628. The second-order valence-corrected chi connectivity index (χ2v) is 5.43. The summed E-state index contributed by atoms with van der Waals surface area (Å²) in [5.74, 6) is 0. The minimum absolute atomic E-state index is 0.0900. The van der Waals surface area contributed by atoms with E-state index in [1.54, 1.807) is 4.98 Å². The van der Waals surface area contributed by atoms with E-state index in [2.05, 4.69) is 0 Å². The van der Waals surface area contributed by atoms with Crippen LogP contribution in [0.4, 0.5) is 13.2 Å². The van der Waals surface area contributed by atoms with Crippen molar-refractivity contribution in [3.8, 4) is 0 Å². The zero-order chi connectivity index (χ0) is 15.8. The molecule has 2 rings (SSSR count). The first-order chi connectivity index (χ1) is 9.71. The van der Waals surface area contributed by atoms with E-state index in [0.29, 0.717) is 0 Å². The average Bonchev–Trinajstić information content (AvgIpc) is 2.72. The number of aliphatic hydroxyl groups excluding tert-OH is 2. The molecule has 0 unspecified atom stereocenters. The van der Waals surface area contributed by atoms with Gasteiger partial charge in [-0.2, -0.15) is 13.2 Å². The van der Waals surface area contributed by atoms with Crippen molar-refractivity contribution >= 4 is 11.8 Å². The van der Waals surface area contributed by atoms with Crippen LogP contribution in [0.1, 0.15) is 12.6 Å². The highest BCUT2D eigenvalue weighted by Gasteiger charge is 2.36. The molecule has 118 valence electrons. The lowest BCUT2D eigenvalue weighted by atomic mass is 10.2. The Morgan fingerprint density at radius 1 is 1.48 bits per heavy atom. The van der Waals surface area contributed by atoms with Crippen LogP contribution in [-0.4, -0.2) is 44.1 Å². The van der Waals surface area contributed by atoms with Crippen molar-refractivity contribution in [3.63, 3.8) is 0 Å². The van der Waals surface area contributed by atoms with Crippen molar-refractivity contribution in [3.05, 3.63) is 27.0 Å². The van der Waals surface area contributed by atoms with Crippen LogP contribution in [-0.2, 0) is 4.74 Å². The summed E-state index contributed by atoms with van der Waals surface area (Å²) in [6.45, 7) is -0.500. The Hall–Kier alpha value is -1.30. The van der Waals surface area contributed by atoms with Gasteiger partial charge in [0.1, 0.15) is 12.3 Å². The third-order valence-corrected chi connectivity index (χ3v) is 3.60. The number of nitrogens with zero attached hydrogens (tertiary/aromatic N) is 1. The predicted molar refractivity (Wildman–Crippen MR) is 64.9 cm³/mol. The monoisotopic (exact) mass is 328 g/mol. The van der Waals surface area contributed by atoms with Gasteiger partial charge >= 0.3 is 11.2 Å². The van der Waals surface area contributed by atoms with Crippen LogP contribution >= 0.6 is 11.8 Å². The van der Waals surface area contributed by atoms with Gasteiger partial charge in [-0.3, -0.25) is 14.3 Å². The molecule has 11 heteroatoms. The summed E-state index contributed by atoms with van der Waals surface area (Å²) in [5.41, 5.74) is -6.79. The van der Waals surface area contributed by atoms with Gasteiger partial charge in [0.05, 0.1) is 17.6 Å². The number of alkyl halides is 3. The summed E-state index contributed by atoms with van der Waals surface area (Å²) in [6, 6.07) is 0. The van der Waals surface area contributed by atoms with E-state index in [0.717, 1.165) is 10.8 Å². The third kappa shape index (κ3) is 3.67. The third-order valence-electron chi connectivity index (χ3n) is 2.86. The van der Waals surface area contributed by atoms with Crippen LogP contribution in [0.25, 0.3) is 0 Å². The fourth-order valence-corrected chi connectivity index (χ4v) is 2.49. The number of aromatic amines is 1. The maximum atomic E-state index is 12.3. The molecule has 1 aliphatic rings. The fraction of sp³-hybridized carbons (Fsp3) is 0.600. The molecule has 0 saturated carbocycles. The number of halogens is 3. The van der Waals surface area contributed by atoms with E-state index in [1.165, 1.54) is 0 Å². The van der Waals surface area contributed by atoms with Crippen molar-refractivity contribution in [1.29, 1.82) is 0 Å². The Morgan fingerprint density at radius 2 is 2.14 bits per heavy atom. The Kier molecular flexibility index (Phi) is 4.46. The van der Waals surface area contributed by atoms with Gasteiger partial charge in [0.2, 0.25) is 0 Å². The van der Waals surface area contributed by atoms with Gasteiger partial charge in [0.15, 0.2) is 0 Å². The molecule has 0 aliphatic carbocycles. The zero-order valence-electron chi connectivity index (χ0n) is 10.3. The molecular formula is C10H11F3N2O5S. The van der Waals surface area contributed by atoms with Crippen molar-refractivity contribution in [1.82, 2.24) is 9.55 Å². The number of aromatic nitrogens is 2. The second kappa shape index (κ2) is 5.83. The average molecular weight is 328 g/mol. The van der Waals surface area contributed by atoms with Gasteiger partial charge in [0.25, 0.3) is 5.56 Å². The lowest BCUT2D eigenvalue weighted by molar-refractivity contribution is -0.0463. The molecule has 1 fully saturated rings. The van der Waals surface area contributed by atoms with Gasteiger partial charge in [-0.25, -0.2) is 4.79 Å². The first kappa shape index (κ1) is 16.1. The van der Waals surface area contributed by atoms with Crippen LogP contribution in [0.3, 0.4) is 0 Å². The Morgan fingerprint density at radius 3 is 2.67 bits per heavy atom. The molecule has 3 N–H and O–H groups in total. The number of thioether (sulfide) groups is 1. The van der Waals surface area contributed by atoms with E-state index in [4.69, 9.17) is 9.84 Å². The highest BCUT2D eigenvalue weighted by molar-refractivity contribution is 8.00. The molecule has 0 aromatic carbocycles. The maximum Gasteiger partial charge on any atom is 0.446 e. The quantitative estimate of drug-likeness (QED) is 0.663. The first-order valence-corrected chi connectivity index (χ1v) is 6.58. The molecule has 2 heterocycles. The minimum atomic E-state index is -4.68. The number of H-pyrrole nitrogens is 1. The lowest BCUT2D eigenvalue weighted by Gasteiger charge is -2.15. The predicted octanol–water partition coefficient (Wildman–Crippen LogP) is -0.211. The molecule has 0 radical (unpaired) electrons. The molecule has 21 heavy (non-hydrogen) atoms. The molecule has 1 aromatic rings. The smallest absolute Gasteiger partial charge is 0.394 e. The molecule has 7 nitrogen and oxygen atoms in total. The number of nitrogens with one attached hydrogen (secondary N) is 1. The molecule has 3 atom stereocenters. The SMILES string of the molecule is O=c1[nH]c(=O)n([C@H]2C[C@H](O)[C@@H](CO)O2)cc1SC(F)(F)F. The lowest BCUT2D eigenvalue weighted by Crippen LogP contribution is -2.33. The topological polar surface area (TPSA) is 105 Å². The van der Waals surface area contributed by atoms with E-state index < -0.39 is 58.5 Å². The molecule has 0 bridgehead atoms. The van der Waals surface area contributed by atoms with Crippen LogP contribution in [0.2, 0.25) is 0 Å². The second-order valence-electron chi connectivity index (χ2n) is 4.32. The summed E-state index contributed by atoms with van der Waals surface area (Å²) in [6.07, 6.45) is -2.41. The molecule has 1 aliphatic heterocycles. The van der Waals surface area contributed by atoms with Crippen LogP contribution in [0, 0.1) is 0 Å². The number of rotatable bonds is 3. The van der Waals surface area contributed by atoms with Crippen molar-refractivity contribution in [2.24, 2.45) is 0 Å². The van der Waals surface area contributed by atoms with E-state index in [1.807, 2.05) is 0 Å². The minimum Gasteiger partial charge on any atom is -0.394 e. The standard InChI is InChI=1S/C10H11F3N2O5S/c11-10(12,13)21-6-2-15(9(19)14-8(6)18)7-1-4(17)5(3-16)20-7/h2,4-5,7,16-17H,1,3H2,(H,14,18,19)/t4-,5+,7+/m0/s1. The summed E-state index contributed by atoms with van der Waals surface area (Å²) < 4.78 is 42.9. The summed E-state index contributed by atoms with van der Waals surface area (Å²) in [7, 11) is 0. The molecule has 0 amide bonds. The number of hydrogen-bond donors (Lipinski definition) is 3. The van der Waals surface area contributed by atoms with Crippen molar-refractivity contribution in [2.75, 3.05) is 6.61 Å². The Balaban J connectivity index is 2.35. The van der Waals surface area contributed by atoms with Crippen LogP contribution in [0.15, 0.2) is 20.7 Å². The van der Waals surface area contributed by atoms with Gasteiger partial charge < -0.3 is 14.9 Å². The zero-order valence-corrected chi connectivity index (χ0v) is 11.1. The first-order valence-electron chi connectivity index (χ1n) is 5.77. The van der Waals surface area contributed by atoms with Gasteiger partial charge in [0, 0.05) is 12.6 Å².